The molecule has 7 heteroatoms. The van der Waals surface area contributed by atoms with E-state index in [9.17, 15) is 4.79 Å². The van der Waals surface area contributed by atoms with Crippen molar-refractivity contribution in [1.82, 2.24) is 15.5 Å². The first-order valence-corrected chi connectivity index (χ1v) is 8.76. The Morgan fingerprint density at radius 2 is 1.92 bits per heavy atom. The number of nitrogens with one attached hydrogen (secondary N) is 2. The van der Waals surface area contributed by atoms with E-state index in [2.05, 4.69) is 29.5 Å². The Kier molecular flexibility index (Phi) is 18.5. The SMILES string of the molecule is CCCCC(CC)CNC(=NCC(=O)N(C)C)NCCCOC.I. The molecule has 24 heavy (non-hydrogen) atoms. The number of unbranched alkanes of at least 4 members (excludes halogenated alkanes) is 1. The third-order valence-corrected chi connectivity index (χ3v) is 3.79. The minimum Gasteiger partial charge on any atom is -0.385 e. The molecule has 0 aliphatic heterocycles. The molecule has 0 aromatic rings. The van der Waals surface area contributed by atoms with E-state index in [0.29, 0.717) is 18.5 Å². The van der Waals surface area contributed by atoms with Crippen LogP contribution >= 0.6 is 24.0 Å². The smallest absolute Gasteiger partial charge is 0.243 e. The number of likely N-dealkylation sites (N-methyl/N-ethyl adjacent to an activating group) is 1. The molecule has 1 atom stereocenters. The molecule has 0 aliphatic carbocycles. The minimum atomic E-state index is 0. The molecule has 1 amide bonds. The number of amides is 1. The van der Waals surface area contributed by atoms with Crippen molar-refractivity contribution in [2.45, 2.75) is 46.0 Å². The lowest BCUT2D eigenvalue weighted by Crippen LogP contribution is -2.41. The maximum atomic E-state index is 11.7. The van der Waals surface area contributed by atoms with Gasteiger partial charge in [-0.05, 0) is 18.8 Å². The lowest BCUT2D eigenvalue weighted by atomic mass is 9.99. The van der Waals surface area contributed by atoms with E-state index in [-0.39, 0.29) is 36.4 Å². The van der Waals surface area contributed by atoms with E-state index >= 15 is 0 Å². The van der Waals surface area contributed by atoms with Gasteiger partial charge in [-0.3, -0.25) is 4.79 Å². The summed E-state index contributed by atoms with van der Waals surface area (Å²) in [4.78, 5) is 17.7. The molecule has 144 valence electrons. The molecule has 0 rings (SSSR count). The summed E-state index contributed by atoms with van der Waals surface area (Å²) in [5.74, 6) is 1.36. The molecule has 6 nitrogen and oxygen atoms in total. The van der Waals surface area contributed by atoms with Crippen molar-refractivity contribution < 1.29 is 9.53 Å². The van der Waals surface area contributed by atoms with Crippen LogP contribution in [0, 0.1) is 5.92 Å². The number of methoxy groups -OCH3 is 1. The topological polar surface area (TPSA) is 66.0 Å². The van der Waals surface area contributed by atoms with Gasteiger partial charge in [-0.1, -0.05) is 33.1 Å². The summed E-state index contributed by atoms with van der Waals surface area (Å²) >= 11 is 0. The van der Waals surface area contributed by atoms with Gasteiger partial charge in [-0.25, -0.2) is 4.99 Å². The maximum Gasteiger partial charge on any atom is 0.243 e. The average Bonchev–Trinajstić information content (AvgIpc) is 2.55. The molecule has 0 aromatic carbocycles. The van der Waals surface area contributed by atoms with Crippen LogP contribution in [0.25, 0.3) is 0 Å². The highest BCUT2D eigenvalue weighted by atomic mass is 127. The summed E-state index contributed by atoms with van der Waals surface area (Å²) in [6.45, 7) is 6.99. The van der Waals surface area contributed by atoms with E-state index < -0.39 is 0 Å². The Morgan fingerprint density at radius 1 is 1.21 bits per heavy atom. The van der Waals surface area contributed by atoms with Crippen molar-refractivity contribution in [3.05, 3.63) is 0 Å². The Morgan fingerprint density at radius 3 is 2.46 bits per heavy atom. The van der Waals surface area contributed by atoms with Crippen molar-refractivity contribution in [3.63, 3.8) is 0 Å². The quantitative estimate of drug-likeness (QED) is 0.205. The number of guanidine groups is 1. The number of hydrogen-bond donors (Lipinski definition) is 2. The highest BCUT2D eigenvalue weighted by Gasteiger charge is 2.08. The number of ether oxygens (including phenoxy) is 1. The second-order valence-corrected chi connectivity index (χ2v) is 6.02. The number of rotatable bonds is 12. The predicted molar refractivity (Wildman–Crippen MR) is 112 cm³/mol. The molecule has 0 bridgehead atoms. The number of aliphatic imine (C=N–C) groups is 1. The van der Waals surface area contributed by atoms with E-state index in [1.54, 1.807) is 26.1 Å². The van der Waals surface area contributed by atoms with E-state index in [0.717, 1.165) is 25.9 Å². The predicted octanol–water partition coefficient (Wildman–Crippen LogP) is 2.48. The van der Waals surface area contributed by atoms with E-state index in [1.165, 1.54) is 19.3 Å². The molecule has 0 radical (unpaired) electrons. The molecule has 2 N–H and O–H groups in total. The second kappa shape index (κ2) is 17.3. The molecule has 0 aromatic heterocycles. The van der Waals surface area contributed by atoms with Gasteiger partial charge in [0.25, 0.3) is 0 Å². The third kappa shape index (κ3) is 13.8. The van der Waals surface area contributed by atoms with E-state index in [1.807, 2.05) is 0 Å². The van der Waals surface area contributed by atoms with Gasteiger partial charge in [0.1, 0.15) is 6.54 Å². The number of hydrogen-bond acceptors (Lipinski definition) is 3. The third-order valence-electron chi connectivity index (χ3n) is 3.79. The zero-order valence-corrected chi connectivity index (χ0v) is 18.4. The molecule has 0 saturated carbocycles. The lowest BCUT2D eigenvalue weighted by molar-refractivity contribution is -0.127. The molecule has 0 heterocycles. The monoisotopic (exact) mass is 456 g/mol. The van der Waals surface area contributed by atoms with Crippen molar-refractivity contribution >= 4 is 35.8 Å². The van der Waals surface area contributed by atoms with Gasteiger partial charge < -0.3 is 20.3 Å². The average molecular weight is 456 g/mol. The number of nitrogens with zero attached hydrogens (tertiary/aromatic N) is 2. The van der Waals surface area contributed by atoms with Crippen molar-refractivity contribution in [1.29, 1.82) is 0 Å². The van der Waals surface area contributed by atoms with Gasteiger partial charge in [0.05, 0.1) is 0 Å². The molecule has 0 saturated heterocycles. The number of halogens is 1. The highest BCUT2D eigenvalue weighted by Crippen LogP contribution is 2.10. The Bertz CT molecular complexity index is 339. The zero-order chi connectivity index (χ0) is 17.5. The van der Waals surface area contributed by atoms with Crippen LogP contribution in [0.5, 0.6) is 0 Å². The van der Waals surface area contributed by atoms with Crippen molar-refractivity contribution in [2.24, 2.45) is 10.9 Å². The first-order valence-electron chi connectivity index (χ1n) is 8.76. The minimum absolute atomic E-state index is 0. The van der Waals surface area contributed by atoms with Crippen LogP contribution in [0.1, 0.15) is 46.0 Å². The first-order chi connectivity index (χ1) is 11.0. The fraction of sp³-hybridized carbons (Fsp3) is 0.882. The van der Waals surface area contributed by atoms with E-state index in [4.69, 9.17) is 4.74 Å². The van der Waals surface area contributed by atoms with Crippen LogP contribution in [0.4, 0.5) is 0 Å². The van der Waals surface area contributed by atoms with Crippen LogP contribution in [-0.2, 0) is 9.53 Å². The molecule has 0 fully saturated rings. The molecule has 1 unspecified atom stereocenters. The second-order valence-electron chi connectivity index (χ2n) is 6.02. The fourth-order valence-corrected chi connectivity index (χ4v) is 2.07. The Labute approximate surface area is 165 Å². The van der Waals surface area contributed by atoms with Crippen LogP contribution in [0.15, 0.2) is 4.99 Å². The van der Waals surface area contributed by atoms with Gasteiger partial charge in [0.15, 0.2) is 5.96 Å². The largest absolute Gasteiger partial charge is 0.385 e. The summed E-state index contributed by atoms with van der Waals surface area (Å²) in [6, 6.07) is 0. The Hall–Kier alpha value is -0.570. The van der Waals surface area contributed by atoms with Gasteiger partial charge in [0, 0.05) is 40.9 Å². The zero-order valence-electron chi connectivity index (χ0n) is 16.1. The summed E-state index contributed by atoms with van der Waals surface area (Å²) < 4.78 is 5.05. The summed E-state index contributed by atoms with van der Waals surface area (Å²) in [5, 5.41) is 6.65. The normalized spacial score (nSPS) is 12.3. The van der Waals surface area contributed by atoms with Gasteiger partial charge in [0.2, 0.25) is 5.91 Å². The maximum absolute atomic E-state index is 11.7. The lowest BCUT2D eigenvalue weighted by Gasteiger charge is -2.18. The van der Waals surface area contributed by atoms with Gasteiger partial charge in [-0.15, -0.1) is 24.0 Å². The van der Waals surface area contributed by atoms with Crippen LogP contribution in [-0.4, -0.2) is 64.2 Å². The molecule has 0 spiro atoms. The van der Waals surface area contributed by atoms with Crippen LogP contribution in [0.3, 0.4) is 0 Å². The standard InChI is InChI=1S/C17H36N4O2.HI/c1-6-8-10-15(7-2)13-19-17(18-11-9-12-23-5)20-14-16(22)21(3)4;/h15H,6-14H2,1-5H3,(H2,18,19,20);1H. The number of carbonyl (C=O) groups excluding carboxylic acids is 1. The highest BCUT2D eigenvalue weighted by molar-refractivity contribution is 14.0. The van der Waals surface area contributed by atoms with Crippen molar-refractivity contribution in [3.8, 4) is 0 Å². The Balaban J connectivity index is 0. The van der Waals surface area contributed by atoms with Crippen LogP contribution in [0.2, 0.25) is 0 Å². The fourth-order valence-electron chi connectivity index (χ4n) is 2.07. The van der Waals surface area contributed by atoms with Crippen LogP contribution < -0.4 is 10.6 Å². The van der Waals surface area contributed by atoms with Gasteiger partial charge >= 0.3 is 0 Å². The molecular formula is C17H37IN4O2. The van der Waals surface area contributed by atoms with Crippen molar-refractivity contribution in [2.75, 3.05) is 47.4 Å². The first kappa shape index (κ1) is 25.7. The molecule has 0 aliphatic rings. The van der Waals surface area contributed by atoms with Gasteiger partial charge in [-0.2, -0.15) is 0 Å². The summed E-state index contributed by atoms with van der Waals surface area (Å²) in [5.41, 5.74) is 0. The number of carbonyl (C=O) groups is 1. The molecular weight excluding hydrogens is 419 g/mol. The summed E-state index contributed by atoms with van der Waals surface area (Å²) in [7, 11) is 5.19. The summed E-state index contributed by atoms with van der Waals surface area (Å²) in [6.07, 6.45) is 5.77.